The van der Waals surface area contributed by atoms with Crippen molar-refractivity contribution in [2.75, 3.05) is 47.5 Å². The fraction of sp³-hybridized carbons (Fsp3) is 0.409. The number of ether oxygens (including phenoxy) is 3. The number of methoxy groups -OCH3 is 3. The Kier molecular flexibility index (Phi) is 6.76. The molecule has 0 spiro atoms. The van der Waals surface area contributed by atoms with Gasteiger partial charge in [-0.15, -0.1) is 0 Å². The van der Waals surface area contributed by atoms with Crippen molar-refractivity contribution in [3.63, 3.8) is 0 Å². The topological polar surface area (TPSA) is 52.4 Å². The Morgan fingerprint density at radius 2 is 1.54 bits per heavy atom. The molecule has 1 fully saturated rings. The molecule has 6 heteroatoms. The maximum absolute atomic E-state index is 12.8. The first-order valence-corrected chi connectivity index (χ1v) is 9.58. The molecule has 6 nitrogen and oxygen atoms in total. The number of hydrogen-bond donors (Lipinski definition) is 1. The third-order valence-corrected chi connectivity index (χ3v) is 5.20. The van der Waals surface area contributed by atoms with Crippen molar-refractivity contribution in [1.29, 1.82) is 0 Å². The molecule has 3 rings (SSSR count). The number of nitrogens with zero attached hydrogens (tertiary/aromatic N) is 1. The lowest BCUT2D eigenvalue weighted by atomic mass is 10.1. The van der Waals surface area contributed by atoms with Gasteiger partial charge in [-0.2, -0.15) is 0 Å². The summed E-state index contributed by atoms with van der Waals surface area (Å²) in [4.78, 5) is 16.3. The zero-order valence-corrected chi connectivity index (χ0v) is 16.9. The van der Waals surface area contributed by atoms with Crippen LogP contribution in [0, 0.1) is 0 Å². The monoisotopic (exact) mass is 385 g/mol. The molecule has 0 atom stereocenters. The number of carbonyl (C=O) groups is 1. The van der Waals surface area contributed by atoms with Crippen LogP contribution in [0.25, 0.3) is 0 Å². The molecule has 0 bridgehead atoms. The molecule has 2 aromatic rings. The van der Waals surface area contributed by atoms with Crippen LogP contribution in [-0.4, -0.2) is 58.3 Å². The zero-order valence-electron chi connectivity index (χ0n) is 16.9. The van der Waals surface area contributed by atoms with Crippen molar-refractivity contribution in [3.05, 3.63) is 53.6 Å². The first-order chi connectivity index (χ1) is 13.6. The van der Waals surface area contributed by atoms with Crippen molar-refractivity contribution in [2.45, 2.75) is 13.0 Å². The summed E-state index contributed by atoms with van der Waals surface area (Å²) in [6.07, 6.45) is 0.324. The summed E-state index contributed by atoms with van der Waals surface area (Å²) in [5.74, 6) is 1.82. The predicted octanol–water partition coefficient (Wildman–Crippen LogP) is 1.18. The van der Waals surface area contributed by atoms with Gasteiger partial charge in [-0.25, -0.2) is 0 Å². The van der Waals surface area contributed by atoms with Gasteiger partial charge in [-0.05, 0) is 17.7 Å². The van der Waals surface area contributed by atoms with Crippen LogP contribution in [0.4, 0.5) is 0 Å². The SMILES string of the molecule is COc1cc(CC(=O)N2CC[NH+](Cc3ccccc3)CC2)cc(OC)c1OC. The predicted molar refractivity (Wildman–Crippen MR) is 107 cm³/mol. The van der Waals surface area contributed by atoms with Crippen LogP contribution in [0.15, 0.2) is 42.5 Å². The number of piperazine rings is 1. The fourth-order valence-electron chi connectivity index (χ4n) is 3.66. The fourth-order valence-corrected chi connectivity index (χ4v) is 3.66. The van der Waals surface area contributed by atoms with Crippen molar-refractivity contribution in [1.82, 2.24) is 4.90 Å². The third-order valence-electron chi connectivity index (χ3n) is 5.20. The molecular formula is C22H29N2O4+. The van der Waals surface area contributed by atoms with Crippen molar-refractivity contribution < 1.29 is 23.9 Å². The van der Waals surface area contributed by atoms with Crippen LogP contribution in [0.5, 0.6) is 17.2 Å². The maximum atomic E-state index is 12.8. The van der Waals surface area contributed by atoms with E-state index in [1.165, 1.54) is 10.5 Å². The largest absolute Gasteiger partial charge is 0.493 e. The average molecular weight is 385 g/mol. The molecule has 0 saturated carbocycles. The Morgan fingerprint density at radius 3 is 2.07 bits per heavy atom. The highest BCUT2D eigenvalue weighted by Crippen LogP contribution is 2.38. The molecule has 2 aromatic carbocycles. The Labute approximate surface area is 166 Å². The summed E-state index contributed by atoms with van der Waals surface area (Å²) < 4.78 is 16.1. The number of benzene rings is 2. The molecule has 0 unspecified atom stereocenters. The minimum absolute atomic E-state index is 0.132. The van der Waals surface area contributed by atoms with Crippen molar-refractivity contribution in [2.24, 2.45) is 0 Å². The summed E-state index contributed by atoms with van der Waals surface area (Å²) in [5.41, 5.74) is 2.20. The summed E-state index contributed by atoms with van der Waals surface area (Å²) >= 11 is 0. The number of carbonyl (C=O) groups excluding carboxylic acids is 1. The first-order valence-electron chi connectivity index (χ1n) is 9.58. The van der Waals surface area contributed by atoms with Gasteiger partial charge in [0.05, 0.1) is 53.9 Å². The molecule has 150 valence electrons. The second-order valence-corrected chi connectivity index (χ2v) is 7.00. The molecule has 1 amide bonds. The van der Waals surface area contributed by atoms with Gasteiger partial charge in [0, 0.05) is 5.56 Å². The van der Waals surface area contributed by atoms with Crippen LogP contribution in [0.2, 0.25) is 0 Å². The molecular weight excluding hydrogens is 356 g/mol. The number of quaternary nitrogens is 1. The van der Waals surface area contributed by atoms with Crippen LogP contribution >= 0.6 is 0 Å². The van der Waals surface area contributed by atoms with E-state index in [0.717, 1.165) is 38.3 Å². The molecule has 0 aromatic heterocycles. The molecule has 1 N–H and O–H groups in total. The lowest BCUT2D eigenvalue weighted by molar-refractivity contribution is -0.917. The molecule has 0 aliphatic carbocycles. The Balaban J connectivity index is 1.58. The average Bonchev–Trinajstić information content (AvgIpc) is 2.74. The minimum Gasteiger partial charge on any atom is -0.493 e. The van der Waals surface area contributed by atoms with Gasteiger partial charge in [0.15, 0.2) is 11.5 Å². The highest BCUT2D eigenvalue weighted by molar-refractivity contribution is 5.79. The maximum Gasteiger partial charge on any atom is 0.227 e. The van der Waals surface area contributed by atoms with Gasteiger partial charge in [-0.3, -0.25) is 4.79 Å². The highest BCUT2D eigenvalue weighted by atomic mass is 16.5. The number of rotatable bonds is 7. The summed E-state index contributed by atoms with van der Waals surface area (Å²) in [7, 11) is 4.73. The van der Waals surface area contributed by atoms with Gasteiger partial charge >= 0.3 is 0 Å². The molecule has 1 saturated heterocycles. The second-order valence-electron chi connectivity index (χ2n) is 7.00. The minimum atomic E-state index is 0.132. The summed E-state index contributed by atoms with van der Waals surface area (Å²) in [6.45, 7) is 4.51. The lowest BCUT2D eigenvalue weighted by Crippen LogP contribution is -3.13. The van der Waals surface area contributed by atoms with Crippen molar-refractivity contribution >= 4 is 5.91 Å². The Bertz CT molecular complexity index is 761. The molecule has 1 heterocycles. The molecule has 28 heavy (non-hydrogen) atoms. The second kappa shape index (κ2) is 9.46. The van der Waals surface area contributed by atoms with Crippen LogP contribution in [-0.2, 0) is 17.8 Å². The van der Waals surface area contributed by atoms with E-state index in [4.69, 9.17) is 14.2 Å². The van der Waals surface area contributed by atoms with Crippen LogP contribution in [0.1, 0.15) is 11.1 Å². The Morgan fingerprint density at radius 1 is 0.929 bits per heavy atom. The lowest BCUT2D eigenvalue weighted by Gasteiger charge is -2.32. The van der Waals surface area contributed by atoms with Gasteiger partial charge < -0.3 is 24.0 Å². The zero-order chi connectivity index (χ0) is 19.9. The highest BCUT2D eigenvalue weighted by Gasteiger charge is 2.24. The van der Waals surface area contributed by atoms with E-state index in [1.807, 2.05) is 23.1 Å². The third kappa shape index (κ3) is 4.75. The van der Waals surface area contributed by atoms with E-state index in [9.17, 15) is 4.79 Å². The normalized spacial score (nSPS) is 14.6. The van der Waals surface area contributed by atoms with E-state index in [0.29, 0.717) is 23.7 Å². The van der Waals surface area contributed by atoms with E-state index in [-0.39, 0.29) is 5.91 Å². The number of amides is 1. The quantitative estimate of drug-likeness (QED) is 0.778. The standard InChI is InChI=1S/C22H28N2O4/c1-26-19-13-18(14-20(27-2)22(19)28-3)15-21(25)24-11-9-23(10-12-24)16-17-7-5-4-6-8-17/h4-8,13-14H,9-12,15-16H2,1-3H3/p+1. The van der Waals surface area contributed by atoms with Crippen LogP contribution in [0.3, 0.4) is 0 Å². The van der Waals surface area contributed by atoms with E-state index in [1.54, 1.807) is 21.3 Å². The van der Waals surface area contributed by atoms with Crippen molar-refractivity contribution in [3.8, 4) is 17.2 Å². The molecule has 1 aliphatic heterocycles. The van der Waals surface area contributed by atoms with Gasteiger partial charge in [-0.1, -0.05) is 30.3 Å². The summed E-state index contributed by atoms with van der Waals surface area (Å²) in [6, 6.07) is 14.2. The number of nitrogens with one attached hydrogen (secondary N) is 1. The molecule has 0 radical (unpaired) electrons. The van der Waals surface area contributed by atoms with Gasteiger partial charge in [0.2, 0.25) is 11.7 Å². The van der Waals surface area contributed by atoms with Gasteiger partial charge in [0.25, 0.3) is 0 Å². The van der Waals surface area contributed by atoms with E-state index in [2.05, 4.69) is 24.3 Å². The van der Waals surface area contributed by atoms with Gasteiger partial charge in [0.1, 0.15) is 6.54 Å². The first kappa shape index (κ1) is 20.0. The summed E-state index contributed by atoms with van der Waals surface area (Å²) in [5, 5.41) is 0. The molecule has 1 aliphatic rings. The van der Waals surface area contributed by atoms with E-state index >= 15 is 0 Å². The van der Waals surface area contributed by atoms with Crippen LogP contribution < -0.4 is 19.1 Å². The Hall–Kier alpha value is -2.73. The van der Waals surface area contributed by atoms with E-state index < -0.39 is 0 Å². The smallest absolute Gasteiger partial charge is 0.227 e. The number of hydrogen-bond acceptors (Lipinski definition) is 4.